The van der Waals surface area contributed by atoms with Crippen molar-refractivity contribution < 1.29 is 0 Å². The Hall–Kier alpha value is -1.28. The average molecular weight is 244 g/mol. The Bertz CT molecular complexity index is 499. The number of para-hydroxylation sites is 1. The fourth-order valence-electron chi connectivity index (χ4n) is 2.77. The molecule has 98 valence electrons. The highest BCUT2D eigenvalue weighted by Crippen LogP contribution is 2.22. The molecule has 1 aromatic carbocycles. The van der Waals surface area contributed by atoms with Gasteiger partial charge in [0.05, 0.1) is 5.52 Å². The zero-order valence-corrected chi connectivity index (χ0v) is 11.5. The molecule has 0 fully saturated rings. The molecule has 2 nitrogen and oxygen atoms in total. The van der Waals surface area contributed by atoms with Crippen LogP contribution in [0.5, 0.6) is 0 Å². The molecular formula is C16H24N2. The molecule has 1 unspecified atom stereocenters. The number of aromatic nitrogens is 1. The van der Waals surface area contributed by atoms with E-state index >= 15 is 0 Å². The van der Waals surface area contributed by atoms with Gasteiger partial charge in [0.15, 0.2) is 0 Å². The lowest BCUT2D eigenvalue weighted by atomic mass is 10.1. The number of hydrogen-bond acceptors (Lipinski definition) is 1. The van der Waals surface area contributed by atoms with Crippen LogP contribution in [0, 0.1) is 5.92 Å². The maximum absolute atomic E-state index is 5.71. The van der Waals surface area contributed by atoms with Crippen molar-refractivity contribution in [1.82, 2.24) is 4.57 Å². The van der Waals surface area contributed by atoms with Gasteiger partial charge in [0, 0.05) is 12.7 Å². The van der Waals surface area contributed by atoms with E-state index in [0.29, 0.717) is 0 Å². The second kappa shape index (κ2) is 6.05. The molecule has 0 aliphatic carbocycles. The summed E-state index contributed by atoms with van der Waals surface area (Å²) in [4.78, 5) is 0. The van der Waals surface area contributed by atoms with Gasteiger partial charge in [-0.25, -0.2) is 0 Å². The van der Waals surface area contributed by atoms with Crippen molar-refractivity contribution >= 4 is 10.9 Å². The van der Waals surface area contributed by atoms with Crippen LogP contribution in [0.3, 0.4) is 0 Å². The first-order chi connectivity index (χ1) is 8.76. The summed E-state index contributed by atoms with van der Waals surface area (Å²) in [5.41, 5.74) is 8.47. The summed E-state index contributed by atoms with van der Waals surface area (Å²) in [5, 5.41) is 1.34. The van der Waals surface area contributed by atoms with Gasteiger partial charge in [0.1, 0.15) is 0 Å². The number of benzene rings is 1. The Balaban J connectivity index is 2.32. The molecule has 0 radical (unpaired) electrons. The van der Waals surface area contributed by atoms with E-state index in [0.717, 1.165) is 25.4 Å². The smallest absolute Gasteiger partial charge is 0.0513 e. The van der Waals surface area contributed by atoms with Crippen molar-refractivity contribution in [3.8, 4) is 0 Å². The Kier molecular flexibility index (Phi) is 4.43. The van der Waals surface area contributed by atoms with Gasteiger partial charge in [-0.15, -0.1) is 0 Å². The van der Waals surface area contributed by atoms with Crippen molar-refractivity contribution in [2.45, 2.75) is 39.7 Å². The molecule has 1 aromatic heterocycles. The van der Waals surface area contributed by atoms with Crippen molar-refractivity contribution in [3.05, 3.63) is 36.0 Å². The summed E-state index contributed by atoms with van der Waals surface area (Å²) in [6.45, 7) is 6.42. The summed E-state index contributed by atoms with van der Waals surface area (Å²) in [7, 11) is 0. The molecule has 18 heavy (non-hydrogen) atoms. The van der Waals surface area contributed by atoms with Crippen LogP contribution in [-0.2, 0) is 13.0 Å². The van der Waals surface area contributed by atoms with Crippen LogP contribution in [0.2, 0.25) is 0 Å². The lowest BCUT2D eigenvalue weighted by Gasteiger charge is -2.14. The number of fused-ring (bicyclic) bond motifs is 1. The molecule has 0 spiro atoms. The molecule has 0 amide bonds. The molecule has 0 saturated carbocycles. The highest BCUT2D eigenvalue weighted by Gasteiger charge is 2.08. The maximum atomic E-state index is 5.71. The maximum Gasteiger partial charge on any atom is 0.0513 e. The quantitative estimate of drug-likeness (QED) is 0.827. The molecule has 2 aromatic rings. The zero-order valence-electron chi connectivity index (χ0n) is 11.5. The van der Waals surface area contributed by atoms with Gasteiger partial charge >= 0.3 is 0 Å². The lowest BCUT2D eigenvalue weighted by molar-refractivity contribution is 0.453. The van der Waals surface area contributed by atoms with E-state index < -0.39 is 0 Å². The van der Waals surface area contributed by atoms with Gasteiger partial charge < -0.3 is 10.3 Å². The third-order valence-electron chi connectivity index (χ3n) is 3.58. The Morgan fingerprint density at radius 1 is 1.28 bits per heavy atom. The summed E-state index contributed by atoms with van der Waals surface area (Å²) in [5.74, 6) is 0.733. The molecule has 2 heteroatoms. The Morgan fingerprint density at radius 2 is 2.11 bits per heavy atom. The van der Waals surface area contributed by atoms with Crippen LogP contribution < -0.4 is 5.73 Å². The molecule has 0 bridgehead atoms. The Morgan fingerprint density at radius 3 is 2.83 bits per heavy atom. The molecule has 0 aliphatic heterocycles. The summed E-state index contributed by atoms with van der Waals surface area (Å²) < 4.78 is 2.40. The van der Waals surface area contributed by atoms with E-state index in [1.807, 2.05) is 0 Å². The third kappa shape index (κ3) is 2.75. The van der Waals surface area contributed by atoms with Crippen LogP contribution in [0.4, 0.5) is 0 Å². The SMILES string of the molecule is CCCC(C)Cn1ccc2cccc(CCN)c21. The van der Waals surface area contributed by atoms with Crippen molar-refractivity contribution in [2.24, 2.45) is 11.7 Å². The van der Waals surface area contributed by atoms with Crippen LogP contribution in [-0.4, -0.2) is 11.1 Å². The van der Waals surface area contributed by atoms with Gasteiger partial charge in [0.25, 0.3) is 0 Å². The monoisotopic (exact) mass is 244 g/mol. The lowest BCUT2D eigenvalue weighted by Crippen LogP contribution is -2.09. The van der Waals surface area contributed by atoms with E-state index in [4.69, 9.17) is 5.73 Å². The number of nitrogens with zero attached hydrogens (tertiary/aromatic N) is 1. The number of nitrogens with two attached hydrogens (primary N) is 1. The number of rotatable bonds is 6. The highest BCUT2D eigenvalue weighted by atomic mass is 15.0. The van der Waals surface area contributed by atoms with E-state index in [2.05, 4.69) is 48.9 Å². The topological polar surface area (TPSA) is 30.9 Å². The minimum absolute atomic E-state index is 0.717. The van der Waals surface area contributed by atoms with E-state index in [1.165, 1.54) is 29.3 Å². The first kappa shape index (κ1) is 13.2. The van der Waals surface area contributed by atoms with Crippen molar-refractivity contribution in [2.75, 3.05) is 6.54 Å². The van der Waals surface area contributed by atoms with Gasteiger partial charge in [-0.05, 0) is 42.3 Å². The first-order valence-corrected chi connectivity index (χ1v) is 7.03. The minimum atomic E-state index is 0.717. The molecule has 1 heterocycles. The summed E-state index contributed by atoms with van der Waals surface area (Å²) in [6, 6.07) is 8.74. The van der Waals surface area contributed by atoms with Gasteiger partial charge in [0.2, 0.25) is 0 Å². The van der Waals surface area contributed by atoms with E-state index in [9.17, 15) is 0 Å². The molecule has 0 saturated heterocycles. The van der Waals surface area contributed by atoms with Crippen LogP contribution >= 0.6 is 0 Å². The fraction of sp³-hybridized carbons (Fsp3) is 0.500. The molecule has 2 rings (SSSR count). The summed E-state index contributed by atoms with van der Waals surface area (Å²) >= 11 is 0. The number of hydrogen-bond donors (Lipinski definition) is 1. The van der Waals surface area contributed by atoms with Crippen LogP contribution in [0.15, 0.2) is 30.5 Å². The normalized spacial score (nSPS) is 13.1. The van der Waals surface area contributed by atoms with Crippen LogP contribution in [0.1, 0.15) is 32.3 Å². The van der Waals surface area contributed by atoms with E-state index in [-0.39, 0.29) is 0 Å². The van der Waals surface area contributed by atoms with Crippen molar-refractivity contribution in [1.29, 1.82) is 0 Å². The Labute approximate surface area is 110 Å². The molecule has 2 N–H and O–H groups in total. The first-order valence-electron chi connectivity index (χ1n) is 7.03. The second-order valence-electron chi connectivity index (χ2n) is 5.26. The molecular weight excluding hydrogens is 220 g/mol. The zero-order chi connectivity index (χ0) is 13.0. The predicted octanol–water partition coefficient (Wildman–Crippen LogP) is 3.58. The average Bonchev–Trinajstić information content (AvgIpc) is 2.74. The molecule has 0 aliphatic rings. The largest absolute Gasteiger partial charge is 0.347 e. The standard InChI is InChI=1S/C16H24N2/c1-3-5-13(2)12-18-11-9-15-7-4-6-14(8-10-17)16(15)18/h4,6-7,9,11,13H,3,5,8,10,12,17H2,1-2H3. The van der Waals surface area contributed by atoms with Gasteiger partial charge in [-0.1, -0.05) is 38.5 Å². The van der Waals surface area contributed by atoms with Crippen molar-refractivity contribution in [3.63, 3.8) is 0 Å². The molecule has 1 atom stereocenters. The van der Waals surface area contributed by atoms with E-state index in [1.54, 1.807) is 0 Å². The summed E-state index contributed by atoms with van der Waals surface area (Å²) in [6.07, 6.45) is 5.73. The van der Waals surface area contributed by atoms with Gasteiger partial charge in [-0.3, -0.25) is 0 Å². The van der Waals surface area contributed by atoms with Crippen LogP contribution in [0.25, 0.3) is 10.9 Å². The second-order valence-corrected chi connectivity index (χ2v) is 5.26. The predicted molar refractivity (Wildman–Crippen MR) is 78.8 cm³/mol. The minimum Gasteiger partial charge on any atom is -0.347 e. The van der Waals surface area contributed by atoms with Gasteiger partial charge in [-0.2, -0.15) is 0 Å². The fourth-order valence-corrected chi connectivity index (χ4v) is 2.77. The third-order valence-corrected chi connectivity index (χ3v) is 3.58. The highest BCUT2D eigenvalue weighted by molar-refractivity contribution is 5.83.